The third kappa shape index (κ3) is 2.93. The Morgan fingerprint density at radius 2 is 1.88 bits per heavy atom. The summed E-state index contributed by atoms with van der Waals surface area (Å²) in [6.45, 7) is 0. The molecule has 0 aliphatic carbocycles. The fraction of sp³-hybridized carbons (Fsp3) is 0.182. The maximum Gasteiger partial charge on any atom is 0.232 e. The Balaban J connectivity index is 2.26. The molecule has 2 rings (SSSR count). The molecule has 0 N–H and O–H groups in total. The lowest BCUT2D eigenvalue weighted by Gasteiger charge is -2.01. The smallest absolute Gasteiger partial charge is 0.232 e. The van der Waals surface area contributed by atoms with Crippen molar-refractivity contribution >= 4 is 30.6 Å². The van der Waals surface area contributed by atoms with Gasteiger partial charge in [0.25, 0.3) is 0 Å². The van der Waals surface area contributed by atoms with Gasteiger partial charge in [0.05, 0.1) is 11.3 Å². The Hall–Kier alpha value is -1.13. The summed E-state index contributed by atoms with van der Waals surface area (Å²) < 4.78 is 21.6. The van der Waals surface area contributed by atoms with Gasteiger partial charge in [-0.2, -0.15) is 0 Å². The van der Waals surface area contributed by atoms with E-state index >= 15 is 0 Å². The first-order chi connectivity index (χ1) is 7.54. The van der Waals surface area contributed by atoms with Crippen molar-refractivity contribution in [3.8, 4) is 0 Å². The zero-order valence-corrected chi connectivity index (χ0v) is 10.0. The zero-order valence-electron chi connectivity index (χ0n) is 8.43. The van der Waals surface area contributed by atoms with Crippen LogP contribution in [0.3, 0.4) is 0 Å². The number of benzene rings is 1. The number of para-hydroxylation sites is 1. The number of hydrogen-bond donors (Lipinski definition) is 0. The van der Waals surface area contributed by atoms with Crippen LogP contribution in [-0.2, 0) is 15.5 Å². The fourth-order valence-electron chi connectivity index (χ4n) is 1.47. The van der Waals surface area contributed by atoms with Gasteiger partial charge in [-0.05, 0) is 12.1 Å². The molecule has 0 spiro atoms. The molecule has 0 aliphatic heterocycles. The Morgan fingerprint density at radius 1 is 1.12 bits per heavy atom. The lowest BCUT2D eigenvalue weighted by molar-refractivity contribution is 0.608. The van der Waals surface area contributed by atoms with Gasteiger partial charge in [0.2, 0.25) is 9.05 Å². The molecule has 5 heteroatoms. The van der Waals surface area contributed by atoms with E-state index in [0.29, 0.717) is 6.42 Å². The number of aromatic nitrogens is 1. The molecular weight excluding hydrogens is 246 g/mol. The quantitative estimate of drug-likeness (QED) is 0.791. The molecule has 0 aliphatic rings. The van der Waals surface area contributed by atoms with E-state index < -0.39 is 9.05 Å². The van der Waals surface area contributed by atoms with Crippen LogP contribution in [0.2, 0.25) is 0 Å². The van der Waals surface area contributed by atoms with Crippen molar-refractivity contribution in [2.24, 2.45) is 0 Å². The van der Waals surface area contributed by atoms with E-state index in [2.05, 4.69) is 4.98 Å². The molecule has 1 aromatic carbocycles. The minimum Gasteiger partial charge on any atom is -0.253 e. The van der Waals surface area contributed by atoms with Gasteiger partial charge in [0.1, 0.15) is 0 Å². The summed E-state index contributed by atoms with van der Waals surface area (Å²) in [5.74, 6) is -0.0834. The van der Waals surface area contributed by atoms with Crippen LogP contribution in [-0.4, -0.2) is 19.2 Å². The normalized spacial score (nSPS) is 11.8. The van der Waals surface area contributed by atoms with Gasteiger partial charge in [-0.1, -0.05) is 24.3 Å². The van der Waals surface area contributed by atoms with Gasteiger partial charge in [0, 0.05) is 28.2 Å². The third-order valence-corrected chi connectivity index (χ3v) is 3.41. The maximum absolute atomic E-state index is 10.8. The molecule has 0 saturated carbocycles. The van der Waals surface area contributed by atoms with Crippen LogP contribution in [0.5, 0.6) is 0 Å². The largest absolute Gasteiger partial charge is 0.253 e. The standard InChI is InChI=1S/C11H10ClNO2S/c12-16(14,15)8-7-10-6-5-9-3-1-2-4-11(9)13-10/h1-6H,7-8H2. The van der Waals surface area contributed by atoms with E-state index in [1.165, 1.54) is 0 Å². The fourth-order valence-corrected chi connectivity index (χ4v) is 2.16. The Labute approximate surface area is 98.5 Å². The minimum atomic E-state index is -3.44. The van der Waals surface area contributed by atoms with Gasteiger partial charge in [-0.25, -0.2) is 8.42 Å². The molecule has 1 aromatic heterocycles. The molecule has 0 fully saturated rings. The number of halogens is 1. The summed E-state index contributed by atoms with van der Waals surface area (Å²) in [5.41, 5.74) is 1.61. The molecule has 84 valence electrons. The van der Waals surface area contributed by atoms with Crippen molar-refractivity contribution in [1.29, 1.82) is 0 Å². The van der Waals surface area contributed by atoms with Crippen molar-refractivity contribution in [1.82, 2.24) is 4.98 Å². The molecule has 3 nitrogen and oxygen atoms in total. The van der Waals surface area contributed by atoms with Crippen LogP contribution >= 0.6 is 10.7 Å². The number of nitrogens with zero attached hydrogens (tertiary/aromatic N) is 1. The highest BCUT2D eigenvalue weighted by Gasteiger charge is 2.06. The average Bonchev–Trinajstić information content (AvgIpc) is 2.25. The predicted molar refractivity (Wildman–Crippen MR) is 65.1 cm³/mol. The number of pyridine rings is 1. The Bertz CT molecular complexity index is 610. The highest BCUT2D eigenvalue weighted by atomic mass is 35.7. The van der Waals surface area contributed by atoms with Gasteiger partial charge < -0.3 is 0 Å². The van der Waals surface area contributed by atoms with Crippen LogP contribution in [0, 0.1) is 0 Å². The first-order valence-electron chi connectivity index (χ1n) is 4.82. The number of rotatable bonds is 3. The molecule has 0 saturated heterocycles. The second-order valence-corrected chi connectivity index (χ2v) is 6.38. The molecule has 16 heavy (non-hydrogen) atoms. The molecule has 0 bridgehead atoms. The summed E-state index contributed by atoms with van der Waals surface area (Å²) in [7, 11) is 1.70. The maximum atomic E-state index is 10.8. The van der Waals surface area contributed by atoms with E-state index in [1.54, 1.807) is 0 Å². The molecule has 0 atom stereocenters. The SMILES string of the molecule is O=S(=O)(Cl)CCc1ccc2ccccc2n1. The highest BCUT2D eigenvalue weighted by Crippen LogP contribution is 2.12. The van der Waals surface area contributed by atoms with E-state index in [1.807, 2.05) is 36.4 Å². The summed E-state index contributed by atoms with van der Waals surface area (Å²) in [6, 6.07) is 11.5. The third-order valence-electron chi connectivity index (χ3n) is 2.26. The van der Waals surface area contributed by atoms with E-state index in [0.717, 1.165) is 16.6 Å². The number of fused-ring (bicyclic) bond motifs is 1. The monoisotopic (exact) mass is 255 g/mol. The summed E-state index contributed by atoms with van der Waals surface area (Å²) in [6.07, 6.45) is 0.344. The van der Waals surface area contributed by atoms with Gasteiger partial charge in [-0.3, -0.25) is 4.98 Å². The summed E-state index contributed by atoms with van der Waals surface area (Å²) >= 11 is 0. The summed E-state index contributed by atoms with van der Waals surface area (Å²) in [5, 5.41) is 1.04. The Morgan fingerprint density at radius 3 is 2.62 bits per heavy atom. The molecule has 2 aromatic rings. The van der Waals surface area contributed by atoms with Crippen molar-refractivity contribution in [2.45, 2.75) is 6.42 Å². The molecule has 1 heterocycles. The lowest BCUT2D eigenvalue weighted by atomic mass is 10.2. The van der Waals surface area contributed by atoms with Crippen LogP contribution in [0.15, 0.2) is 36.4 Å². The van der Waals surface area contributed by atoms with Crippen LogP contribution in [0.25, 0.3) is 10.9 Å². The topological polar surface area (TPSA) is 47.0 Å². The van der Waals surface area contributed by atoms with Gasteiger partial charge >= 0.3 is 0 Å². The van der Waals surface area contributed by atoms with Crippen LogP contribution < -0.4 is 0 Å². The Kier molecular flexibility index (Phi) is 3.12. The number of hydrogen-bond acceptors (Lipinski definition) is 3. The number of aryl methyl sites for hydroxylation is 1. The van der Waals surface area contributed by atoms with Gasteiger partial charge in [0.15, 0.2) is 0 Å². The highest BCUT2D eigenvalue weighted by molar-refractivity contribution is 8.13. The van der Waals surface area contributed by atoms with Crippen molar-refractivity contribution in [2.75, 3.05) is 5.75 Å². The molecular formula is C11H10ClNO2S. The van der Waals surface area contributed by atoms with E-state index in [4.69, 9.17) is 10.7 Å². The van der Waals surface area contributed by atoms with Crippen molar-refractivity contribution in [3.05, 3.63) is 42.1 Å². The van der Waals surface area contributed by atoms with Crippen LogP contribution in [0.4, 0.5) is 0 Å². The lowest BCUT2D eigenvalue weighted by Crippen LogP contribution is -2.02. The first-order valence-corrected chi connectivity index (χ1v) is 7.29. The average molecular weight is 256 g/mol. The molecule has 0 unspecified atom stereocenters. The van der Waals surface area contributed by atoms with Crippen LogP contribution in [0.1, 0.15) is 5.69 Å². The van der Waals surface area contributed by atoms with Gasteiger partial charge in [-0.15, -0.1) is 0 Å². The summed E-state index contributed by atoms with van der Waals surface area (Å²) in [4.78, 5) is 4.36. The van der Waals surface area contributed by atoms with E-state index in [-0.39, 0.29) is 5.75 Å². The van der Waals surface area contributed by atoms with Crippen molar-refractivity contribution in [3.63, 3.8) is 0 Å². The zero-order chi connectivity index (χ0) is 11.6. The molecule has 0 amide bonds. The predicted octanol–water partition coefficient (Wildman–Crippen LogP) is 2.35. The minimum absolute atomic E-state index is 0.0834. The molecule has 0 radical (unpaired) electrons. The second kappa shape index (κ2) is 4.39. The first kappa shape index (κ1) is 11.4. The van der Waals surface area contributed by atoms with E-state index in [9.17, 15) is 8.42 Å². The van der Waals surface area contributed by atoms with Crippen molar-refractivity contribution < 1.29 is 8.42 Å². The second-order valence-electron chi connectivity index (χ2n) is 3.49.